The van der Waals surface area contributed by atoms with Crippen LogP contribution >= 0.6 is 23.4 Å². The number of hydrogen-bond acceptors (Lipinski definition) is 7. The fraction of sp³-hybridized carbons (Fsp3) is 0.571. The van der Waals surface area contributed by atoms with Gasteiger partial charge in [0.2, 0.25) is 0 Å². The molecule has 8 nitrogen and oxygen atoms in total. The van der Waals surface area contributed by atoms with Gasteiger partial charge in [0.15, 0.2) is 11.5 Å². The van der Waals surface area contributed by atoms with Crippen molar-refractivity contribution in [3.05, 3.63) is 49.9 Å². The lowest BCUT2D eigenvalue weighted by Crippen LogP contribution is -2.56. The number of carbonyl (C=O) groups excluding carboxylic acids is 1. The molecule has 206 valence electrons. The topological polar surface area (TPSA) is 102 Å². The molecular weight excluding hydrogens is 526 g/mol. The second-order valence-electron chi connectivity index (χ2n) is 11.1. The van der Waals surface area contributed by atoms with Crippen molar-refractivity contribution >= 4 is 29.3 Å². The van der Waals surface area contributed by atoms with Crippen molar-refractivity contribution in [2.45, 2.75) is 82.7 Å². The van der Waals surface area contributed by atoms with Crippen LogP contribution in [0, 0.1) is 19.3 Å². The summed E-state index contributed by atoms with van der Waals surface area (Å²) in [5, 5.41) is 6.92. The molecule has 1 atom stereocenters. The number of carbonyl (C=O) groups is 1. The summed E-state index contributed by atoms with van der Waals surface area (Å²) in [6, 6.07) is 4.46. The van der Waals surface area contributed by atoms with E-state index in [2.05, 4.69) is 22.5 Å². The maximum absolute atomic E-state index is 13.2. The second kappa shape index (κ2) is 10.4. The molecule has 3 N–H and O–H groups in total. The summed E-state index contributed by atoms with van der Waals surface area (Å²) in [5.41, 5.74) is 1.94. The van der Waals surface area contributed by atoms with Crippen molar-refractivity contribution in [3.8, 4) is 11.5 Å². The first-order valence-corrected chi connectivity index (χ1v) is 14.7. The SMILES string of the molecule is CSc1cc(C)[nH]c(=O)c1CNC(=O)c1cc(Cl)c2c(c1C)O[C@@](C)([C@]1(C)CC[C@@H](NC3COC3)CC1)O2. The fourth-order valence-electron chi connectivity index (χ4n) is 5.65. The van der Waals surface area contributed by atoms with Crippen LogP contribution < -0.4 is 25.7 Å². The highest BCUT2D eigenvalue weighted by Crippen LogP contribution is 2.56. The van der Waals surface area contributed by atoms with Crippen LogP contribution in [0.4, 0.5) is 0 Å². The summed E-state index contributed by atoms with van der Waals surface area (Å²) >= 11 is 8.12. The van der Waals surface area contributed by atoms with E-state index in [1.165, 1.54) is 11.8 Å². The predicted octanol–water partition coefficient (Wildman–Crippen LogP) is 4.72. The Morgan fingerprint density at radius 3 is 2.45 bits per heavy atom. The van der Waals surface area contributed by atoms with Gasteiger partial charge in [0, 0.05) is 52.2 Å². The Hall–Kier alpha value is -2.20. The third kappa shape index (κ3) is 4.94. The van der Waals surface area contributed by atoms with Gasteiger partial charge in [-0.3, -0.25) is 9.59 Å². The molecule has 1 saturated heterocycles. The average Bonchev–Trinajstić information content (AvgIpc) is 3.24. The lowest BCUT2D eigenvalue weighted by atomic mass is 9.68. The molecule has 3 aliphatic rings. The van der Waals surface area contributed by atoms with Crippen molar-refractivity contribution in [2.24, 2.45) is 5.41 Å². The fourth-order valence-corrected chi connectivity index (χ4v) is 6.59. The highest BCUT2D eigenvalue weighted by atomic mass is 35.5. The molecule has 1 amide bonds. The molecular formula is C28H36ClN3O5S. The van der Waals surface area contributed by atoms with Crippen molar-refractivity contribution in [1.82, 2.24) is 15.6 Å². The van der Waals surface area contributed by atoms with Gasteiger partial charge in [-0.2, -0.15) is 0 Å². The molecule has 0 radical (unpaired) electrons. The normalized spacial score (nSPS) is 26.7. The molecule has 1 saturated carbocycles. The molecule has 5 rings (SSSR count). The molecule has 1 aromatic heterocycles. The number of amides is 1. The number of nitrogens with one attached hydrogen (secondary N) is 3. The number of H-pyrrole nitrogens is 1. The largest absolute Gasteiger partial charge is 0.448 e. The minimum Gasteiger partial charge on any atom is -0.448 e. The van der Waals surface area contributed by atoms with Crippen LogP contribution in [0.2, 0.25) is 5.02 Å². The number of benzene rings is 1. The van der Waals surface area contributed by atoms with Gasteiger partial charge in [0.25, 0.3) is 17.3 Å². The highest BCUT2D eigenvalue weighted by molar-refractivity contribution is 7.98. The Labute approximate surface area is 232 Å². The van der Waals surface area contributed by atoms with Crippen LogP contribution in [0.5, 0.6) is 11.5 Å². The molecule has 0 unspecified atom stereocenters. The van der Waals surface area contributed by atoms with Gasteiger partial charge in [-0.15, -0.1) is 11.8 Å². The summed E-state index contributed by atoms with van der Waals surface area (Å²) in [5.74, 6) is -0.229. The maximum Gasteiger partial charge on any atom is 0.254 e. The Morgan fingerprint density at radius 1 is 1.13 bits per heavy atom. The molecule has 2 aromatic rings. The first-order chi connectivity index (χ1) is 18.0. The third-order valence-corrected chi connectivity index (χ3v) is 9.53. The standard InChI is InChI=1S/C28H36ClN3O5S/c1-15-10-22(38-5)20(26(34)31-15)12-30-25(33)19-11-21(29)24-23(16(19)2)36-28(4,37-24)27(3)8-6-17(7-9-27)32-18-13-35-14-18/h10-11,17-18,32H,6-9,12-14H2,1-5H3,(H,30,33)(H,31,34)/t17-,27-,28-/m1/s1. The number of thioether (sulfide) groups is 1. The van der Waals surface area contributed by atoms with Gasteiger partial charge < -0.3 is 29.8 Å². The number of fused-ring (bicyclic) bond motifs is 1. The predicted molar refractivity (Wildman–Crippen MR) is 149 cm³/mol. The van der Waals surface area contributed by atoms with Crippen LogP contribution in [0.15, 0.2) is 21.8 Å². The number of pyridine rings is 1. The number of aryl methyl sites for hydroxylation is 1. The first-order valence-electron chi connectivity index (χ1n) is 13.1. The monoisotopic (exact) mass is 561 g/mol. The zero-order valence-electron chi connectivity index (χ0n) is 22.6. The van der Waals surface area contributed by atoms with E-state index in [0.29, 0.717) is 45.3 Å². The summed E-state index contributed by atoms with van der Waals surface area (Å²) < 4.78 is 18.3. The first kappa shape index (κ1) is 27.4. The summed E-state index contributed by atoms with van der Waals surface area (Å²) in [6.45, 7) is 9.55. The van der Waals surface area contributed by atoms with E-state index in [1.807, 2.05) is 33.1 Å². The van der Waals surface area contributed by atoms with Crippen LogP contribution in [0.1, 0.15) is 66.7 Å². The van der Waals surface area contributed by atoms with Gasteiger partial charge >= 0.3 is 0 Å². The summed E-state index contributed by atoms with van der Waals surface area (Å²) in [7, 11) is 0. The third-order valence-electron chi connectivity index (χ3n) is 8.45. The zero-order valence-corrected chi connectivity index (χ0v) is 24.2. The molecule has 1 aromatic carbocycles. The number of rotatable bonds is 7. The van der Waals surface area contributed by atoms with Crippen molar-refractivity contribution in [2.75, 3.05) is 19.5 Å². The van der Waals surface area contributed by atoms with Gasteiger partial charge in [0.05, 0.1) is 24.3 Å². The molecule has 10 heteroatoms. The van der Waals surface area contributed by atoms with Crippen LogP contribution in [-0.4, -0.2) is 48.2 Å². The molecule has 2 fully saturated rings. The van der Waals surface area contributed by atoms with Crippen LogP contribution in [0.3, 0.4) is 0 Å². The molecule has 0 bridgehead atoms. The zero-order chi connectivity index (χ0) is 27.2. The Bertz CT molecular complexity index is 1300. The van der Waals surface area contributed by atoms with Gasteiger partial charge in [-0.05, 0) is 57.9 Å². The minimum absolute atomic E-state index is 0.105. The molecule has 38 heavy (non-hydrogen) atoms. The Kier molecular flexibility index (Phi) is 7.50. The van der Waals surface area contributed by atoms with E-state index < -0.39 is 5.79 Å². The van der Waals surface area contributed by atoms with Crippen molar-refractivity contribution in [3.63, 3.8) is 0 Å². The summed E-state index contributed by atoms with van der Waals surface area (Å²) in [6.07, 6.45) is 5.85. The number of ether oxygens (including phenoxy) is 3. The quantitative estimate of drug-likeness (QED) is 0.420. The highest BCUT2D eigenvalue weighted by Gasteiger charge is 2.55. The maximum atomic E-state index is 13.2. The lowest BCUT2D eigenvalue weighted by Gasteiger charge is -2.46. The van der Waals surface area contributed by atoms with E-state index in [-0.39, 0.29) is 23.4 Å². The lowest BCUT2D eigenvalue weighted by molar-refractivity contribution is -0.172. The van der Waals surface area contributed by atoms with Crippen LogP contribution in [-0.2, 0) is 11.3 Å². The molecule has 3 heterocycles. The molecule has 1 aliphatic carbocycles. The van der Waals surface area contributed by atoms with Crippen molar-refractivity contribution in [1.29, 1.82) is 0 Å². The number of halogens is 1. The molecule has 0 spiro atoms. The number of aromatic nitrogens is 1. The Balaban J connectivity index is 1.31. The van der Waals surface area contributed by atoms with Gasteiger partial charge in [-0.1, -0.05) is 18.5 Å². The van der Waals surface area contributed by atoms with E-state index in [9.17, 15) is 9.59 Å². The Morgan fingerprint density at radius 2 is 1.82 bits per heavy atom. The van der Waals surface area contributed by atoms with Crippen molar-refractivity contribution < 1.29 is 19.0 Å². The van der Waals surface area contributed by atoms with E-state index in [4.69, 9.17) is 25.8 Å². The van der Waals surface area contributed by atoms with E-state index in [0.717, 1.165) is 49.5 Å². The van der Waals surface area contributed by atoms with Gasteiger partial charge in [0.1, 0.15) is 0 Å². The van der Waals surface area contributed by atoms with E-state index in [1.54, 1.807) is 6.07 Å². The number of hydrogen-bond donors (Lipinski definition) is 3. The average molecular weight is 562 g/mol. The molecule has 2 aliphatic heterocycles. The summed E-state index contributed by atoms with van der Waals surface area (Å²) in [4.78, 5) is 29.4. The minimum atomic E-state index is -0.897. The number of aromatic amines is 1. The second-order valence-corrected chi connectivity index (χ2v) is 12.3. The van der Waals surface area contributed by atoms with E-state index >= 15 is 0 Å². The smallest absolute Gasteiger partial charge is 0.254 e. The van der Waals surface area contributed by atoms with Gasteiger partial charge in [-0.25, -0.2) is 0 Å². The van der Waals surface area contributed by atoms with Crippen LogP contribution in [0.25, 0.3) is 0 Å².